The van der Waals surface area contributed by atoms with Gasteiger partial charge in [-0.05, 0) is 67.0 Å². The molecule has 1 fully saturated rings. The van der Waals surface area contributed by atoms with Crippen LogP contribution in [0.4, 0.5) is 10.1 Å². The number of carbonyl (C=O) groups is 1. The quantitative estimate of drug-likeness (QED) is 0.610. The second kappa shape index (κ2) is 9.71. The van der Waals surface area contributed by atoms with Gasteiger partial charge >= 0.3 is 0 Å². The van der Waals surface area contributed by atoms with Crippen LogP contribution in [0, 0.1) is 5.82 Å². The largest absolute Gasteiger partial charge is 0.385 e. The third-order valence-electron chi connectivity index (χ3n) is 6.53. The standard InChI is InChI=1S/C24H29FN2O6S/c1-34(31,32)33-27-21-9-2-17(16-18(21)4-11-23(27)29)3-10-22(28)26-14-12-24(30,13-15-26)19-5-7-20(25)8-6-19/h2,5-9,16,22,28,30H,3-4,10-15H2,1H3. The Labute approximate surface area is 198 Å². The van der Waals surface area contributed by atoms with Gasteiger partial charge < -0.3 is 10.2 Å². The molecule has 0 aliphatic carbocycles. The Hall–Kier alpha value is -2.37. The molecule has 10 heteroatoms. The molecule has 34 heavy (non-hydrogen) atoms. The Bertz CT molecular complexity index is 1150. The molecule has 2 aliphatic heterocycles. The number of rotatable bonds is 7. The van der Waals surface area contributed by atoms with Crippen molar-refractivity contribution in [2.24, 2.45) is 0 Å². The number of hydroxylamine groups is 1. The number of aryl methyl sites for hydroxylation is 2. The average molecular weight is 493 g/mol. The predicted molar refractivity (Wildman–Crippen MR) is 124 cm³/mol. The minimum Gasteiger partial charge on any atom is -0.385 e. The van der Waals surface area contributed by atoms with E-state index in [1.165, 1.54) is 12.1 Å². The summed E-state index contributed by atoms with van der Waals surface area (Å²) in [6.07, 6.45) is 2.81. The first-order chi connectivity index (χ1) is 16.0. The smallest absolute Gasteiger partial charge is 0.285 e. The summed E-state index contributed by atoms with van der Waals surface area (Å²) in [5.41, 5.74) is 1.86. The number of hydrogen-bond donors (Lipinski definition) is 2. The topological polar surface area (TPSA) is 107 Å². The van der Waals surface area contributed by atoms with Gasteiger partial charge in [0.1, 0.15) is 12.0 Å². The van der Waals surface area contributed by atoms with Crippen LogP contribution in [0.1, 0.15) is 42.4 Å². The molecule has 1 atom stereocenters. The highest BCUT2D eigenvalue weighted by atomic mass is 32.2. The van der Waals surface area contributed by atoms with Crippen LogP contribution in [-0.4, -0.2) is 55.0 Å². The van der Waals surface area contributed by atoms with Gasteiger partial charge in [-0.25, -0.2) is 4.39 Å². The Morgan fingerprint density at radius 2 is 1.79 bits per heavy atom. The molecule has 0 radical (unpaired) electrons. The molecule has 8 nitrogen and oxygen atoms in total. The van der Waals surface area contributed by atoms with Crippen molar-refractivity contribution in [1.29, 1.82) is 0 Å². The van der Waals surface area contributed by atoms with Crippen LogP contribution < -0.4 is 5.06 Å². The minimum absolute atomic E-state index is 0.152. The summed E-state index contributed by atoms with van der Waals surface area (Å²) in [5, 5.41) is 22.5. The summed E-state index contributed by atoms with van der Waals surface area (Å²) in [6, 6.07) is 11.3. The Morgan fingerprint density at radius 1 is 1.12 bits per heavy atom. The molecule has 1 unspecified atom stereocenters. The lowest BCUT2D eigenvalue weighted by atomic mass is 9.84. The number of carbonyl (C=O) groups excluding carboxylic acids is 1. The maximum atomic E-state index is 13.2. The van der Waals surface area contributed by atoms with Gasteiger partial charge in [-0.15, -0.1) is 4.28 Å². The minimum atomic E-state index is -3.84. The first-order valence-corrected chi connectivity index (χ1v) is 13.1. The van der Waals surface area contributed by atoms with Crippen LogP contribution >= 0.6 is 0 Å². The number of aliphatic hydroxyl groups is 2. The Kier molecular flexibility index (Phi) is 7.07. The fraction of sp³-hybridized carbons (Fsp3) is 0.458. The van der Waals surface area contributed by atoms with E-state index in [1.807, 2.05) is 11.0 Å². The fourth-order valence-corrected chi connectivity index (χ4v) is 5.04. The molecule has 2 heterocycles. The van der Waals surface area contributed by atoms with Crippen LogP contribution in [-0.2, 0) is 37.6 Å². The summed E-state index contributed by atoms with van der Waals surface area (Å²) in [7, 11) is -3.84. The molecule has 0 bridgehead atoms. The van der Waals surface area contributed by atoms with E-state index in [-0.39, 0.29) is 12.2 Å². The van der Waals surface area contributed by atoms with E-state index in [4.69, 9.17) is 4.28 Å². The molecule has 2 N–H and O–H groups in total. The Balaban J connectivity index is 1.34. The maximum Gasteiger partial charge on any atom is 0.285 e. The predicted octanol–water partition coefficient (Wildman–Crippen LogP) is 2.23. The number of piperidine rings is 1. The summed E-state index contributed by atoms with van der Waals surface area (Å²) >= 11 is 0. The summed E-state index contributed by atoms with van der Waals surface area (Å²) in [5.74, 6) is -0.753. The summed E-state index contributed by atoms with van der Waals surface area (Å²) < 4.78 is 41.1. The van der Waals surface area contributed by atoms with Gasteiger partial charge in [0.25, 0.3) is 16.0 Å². The van der Waals surface area contributed by atoms with E-state index >= 15 is 0 Å². The average Bonchev–Trinajstić information content (AvgIpc) is 2.79. The van der Waals surface area contributed by atoms with Gasteiger partial charge in [0.05, 0.1) is 17.5 Å². The first kappa shape index (κ1) is 24.7. The molecular formula is C24H29FN2O6S. The SMILES string of the molecule is CS(=O)(=O)ON1C(=O)CCc2cc(CCC(O)N3CCC(O)(c4ccc(F)cc4)CC3)ccc21. The number of likely N-dealkylation sites (tertiary alicyclic amines) is 1. The van der Waals surface area contributed by atoms with Crippen molar-refractivity contribution in [2.45, 2.75) is 50.4 Å². The van der Waals surface area contributed by atoms with E-state index in [0.29, 0.717) is 56.4 Å². The van der Waals surface area contributed by atoms with Crippen molar-refractivity contribution in [3.63, 3.8) is 0 Å². The lowest BCUT2D eigenvalue weighted by Crippen LogP contribution is -2.47. The summed E-state index contributed by atoms with van der Waals surface area (Å²) in [4.78, 5) is 14.1. The van der Waals surface area contributed by atoms with E-state index in [0.717, 1.165) is 22.4 Å². The van der Waals surface area contributed by atoms with Gasteiger partial charge in [-0.1, -0.05) is 24.3 Å². The zero-order valence-electron chi connectivity index (χ0n) is 19.0. The number of hydrogen-bond acceptors (Lipinski definition) is 7. The number of aliphatic hydroxyl groups excluding tert-OH is 1. The maximum absolute atomic E-state index is 13.2. The molecule has 2 aromatic rings. The highest BCUT2D eigenvalue weighted by Gasteiger charge is 2.35. The van der Waals surface area contributed by atoms with Gasteiger partial charge in [0, 0.05) is 19.5 Å². The Morgan fingerprint density at radius 3 is 2.44 bits per heavy atom. The molecule has 0 saturated carbocycles. The van der Waals surface area contributed by atoms with Crippen molar-refractivity contribution in [3.05, 3.63) is 65.0 Å². The van der Waals surface area contributed by atoms with Crippen molar-refractivity contribution < 1.29 is 32.1 Å². The second-order valence-electron chi connectivity index (χ2n) is 9.02. The highest BCUT2D eigenvalue weighted by molar-refractivity contribution is 7.86. The van der Waals surface area contributed by atoms with E-state index in [9.17, 15) is 27.8 Å². The molecule has 2 aromatic carbocycles. The van der Waals surface area contributed by atoms with Crippen LogP contribution in [0.15, 0.2) is 42.5 Å². The fourth-order valence-electron chi connectivity index (χ4n) is 4.61. The molecule has 184 valence electrons. The summed E-state index contributed by atoms with van der Waals surface area (Å²) in [6.45, 7) is 1.03. The van der Waals surface area contributed by atoms with Gasteiger partial charge in [0.15, 0.2) is 0 Å². The second-order valence-corrected chi connectivity index (χ2v) is 10.6. The van der Waals surface area contributed by atoms with Crippen molar-refractivity contribution in [2.75, 3.05) is 24.4 Å². The van der Waals surface area contributed by atoms with Crippen molar-refractivity contribution in [3.8, 4) is 0 Å². The molecule has 0 spiro atoms. The third-order valence-corrected chi connectivity index (χ3v) is 6.95. The van der Waals surface area contributed by atoms with Crippen molar-refractivity contribution in [1.82, 2.24) is 4.90 Å². The molecule has 4 rings (SSSR count). The number of fused-ring (bicyclic) bond motifs is 1. The first-order valence-electron chi connectivity index (χ1n) is 11.3. The number of benzene rings is 2. The van der Waals surface area contributed by atoms with Crippen LogP contribution in [0.3, 0.4) is 0 Å². The number of amides is 1. The van der Waals surface area contributed by atoms with E-state index in [2.05, 4.69) is 0 Å². The van der Waals surface area contributed by atoms with Gasteiger partial charge in [-0.3, -0.25) is 9.69 Å². The number of anilines is 1. The molecule has 0 aromatic heterocycles. The molecule has 1 saturated heterocycles. The number of halogens is 1. The van der Waals surface area contributed by atoms with Gasteiger partial charge in [0.2, 0.25) is 0 Å². The zero-order chi connectivity index (χ0) is 24.5. The highest BCUT2D eigenvalue weighted by Crippen LogP contribution is 2.34. The molecule has 2 aliphatic rings. The van der Waals surface area contributed by atoms with Crippen LogP contribution in [0.2, 0.25) is 0 Å². The molecular weight excluding hydrogens is 463 g/mol. The monoisotopic (exact) mass is 492 g/mol. The van der Waals surface area contributed by atoms with Crippen molar-refractivity contribution >= 4 is 21.7 Å². The molecule has 1 amide bonds. The normalized spacial score (nSPS) is 19.6. The number of nitrogens with zero attached hydrogens (tertiary/aromatic N) is 2. The lowest BCUT2D eigenvalue weighted by molar-refractivity contribution is -0.123. The van der Waals surface area contributed by atoms with Crippen LogP contribution in [0.25, 0.3) is 0 Å². The van der Waals surface area contributed by atoms with Crippen LogP contribution in [0.5, 0.6) is 0 Å². The zero-order valence-corrected chi connectivity index (χ0v) is 19.8. The third kappa shape index (κ3) is 5.64. The lowest BCUT2D eigenvalue weighted by Gasteiger charge is -2.40. The van der Waals surface area contributed by atoms with E-state index < -0.39 is 27.9 Å². The van der Waals surface area contributed by atoms with Gasteiger partial charge in [-0.2, -0.15) is 13.5 Å². The van der Waals surface area contributed by atoms with E-state index in [1.54, 1.807) is 24.3 Å².